The molecule has 1 aromatic heterocycles. The van der Waals surface area contributed by atoms with Crippen LogP contribution in [0, 0.1) is 6.92 Å². The maximum Gasteiger partial charge on any atom is 0.227 e. The predicted octanol–water partition coefficient (Wildman–Crippen LogP) is 1.77. The summed E-state index contributed by atoms with van der Waals surface area (Å²) < 4.78 is 5.39. The van der Waals surface area contributed by atoms with Gasteiger partial charge in [-0.2, -0.15) is 0 Å². The highest BCUT2D eigenvalue weighted by Gasteiger charge is 2.05. The van der Waals surface area contributed by atoms with Crippen LogP contribution in [0.1, 0.15) is 24.8 Å². The average Bonchev–Trinajstić information content (AvgIpc) is 2.67. The Morgan fingerprint density at radius 1 is 1.37 bits per heavy atom. The molecule has 0 bridgehead atoms. The second kappa shape index (κ2) is 5.65. The van der Waals surface area contributed by atoms with Crippen molar-refractivity contribution in [3.8, 4) is 0 Å². The Bertz CT molecular complexity index is 616. The van der Waals surface area contributed by atoms with Gasteiger partial charge in [0.25, 0.3) is 0 Å². The Hall–Kier alpha value is -2.17. The van der Waals surface area contributed by atoms with Gasteiger partial charge in [-0.1, -0.05) is 6.07 Å². The number of fused-ring (bicyclic) bond motifs is 1. The maximum absolute atomic E-state index is 11.3. The van der Waals surface area contributed by atoms with Crippen molar-refractivity contribution < 1.29 is 14.0 Å². The summed E-state index contributed by atoms with van der Waals surface area (Å²) in [7, 11) is 0. The molecule has 0 saturated heterocycles. The van der Waals surface area contributed by atoms with Crippen LogP contribution >= 0.6 is 0 Å². The molecule has 100 valence electrons. The lowest BCUT2D eigenvalue weighted by atomic mass is 10.1. The summed E-state index contributed by atoms with van der Waals surface area (Å²) in [6.07, 6.45) is 0.646. The molecule has 0 aliphatic rings. The molecule has 0 aliphatic carbocycles. The van der Waals surface area contributed by atoms with Crippen molar-refractivity contribution in [2.24, 2.45) is 0 Å². The molecule has 0 aliphatic heterocycles. The van der Waals surface area contributed by atoms with E-state index in [0.717, 1.165) is 16.7 Å². The Labute approximate surface area is 111 Å². The molecule has 1 aromatic carbocycles. The third-order valence-electron chi connectivity index (χ3n) is 2.70. The lowest BCUT2D eigenvalue weighted by molar-refractivity contribution is -0.127. The van der Waals surface area contributed by atoms with Crippen LogP contribution in [-0.4, -0.2) is 23.2 Å². The average molecular weight is 260 g/mol. The van der Waals surface area contributed by atoms with Crippen LogP contribution in [-0.2, 0) is 16.0 Å². The summed E-state index contributed by atoms with van der Waals surface area (Å²) in [5.74, 6) is 0.282. The van der Waals surface area contributed by atoms with Crippen LogP contribution in [0.4, 0.5) is 0 Å². The molecule has 5 heteroatoms. The van der Waals surface area contributed by atoms with Gasteiger partial charge in [0.1, 0.15) is 11.3 Å². The van der Waals surface area contributed by atoms with Gasteiger partial charge < -0.3 is 9.73 Å². The van der Waals surface area contributed by atoms with Gasteiger partial charge in [-0.15, -0.1) is 0 Å². The van der Waals surface area contributed by atoms with E-state index in [4.69, 9.17) is 4.42 Å². The number of aryl methyl sites for hydroxylation is 1. The van der Waals surface area contributed by atoms with Crippen LogP contribution in [0.25, 0.3) is 11.1 Å². The van der Waals surface area contributed by atoms with Crippen molar-refractivity contribution in [2.45, 2.75) is 26.7 Å². The molecule has 1 amide bonds. The zero-order valence-electron chi connectivity index (χ0n) is 11.0. The fourth-order valence-corrected chi connectivity index (χ4v) is 1.88. The van der Waals surface area contributed by atoms with E-state index in [-0.39, 0.29) is 18.1 Å². The van der Waals surface area contributed by atoms with E-state index in [1.54, 1.807) is 0 Å². The Morgan fingerprint density at radius 3 is 2.89 bits per heavy atom. The Kier molecular flexibility index (Phi) is 3.94. The van der Waals surface area contributed by atoms with Crippen molar-refractivity contribution in [3.05, 3.63) is 29.7 Å². The molecule has 1 N–H and O–H groups in total. The second-order valence-corrected chi connectivity index (χ2v) is 4.51. The quantitative estimate of drug-likeness (QED) is 0.832. The number of rotatable bonds is 5. The zero-order valence-corrected chi connectivity index (χ0v) is 11.0. The number of amides is 1. The fraction of sp³-hybridized carbons (Fsp3) is 0.357. The SMILES string of the molecule is CC(=O)CC(=O)NCCc1ccc2oc(C)nc2c1. The topological polar surface area (TPSA) is 72.2 Å². The molecular weight excluding hydrogens is 244 g/mol. The van der Waals surface area contributed by atoms with Crippen molar-refractivity contribution >= 4 is 22.8 Å². The van der Waals surface area contributed by atoms with Gasteiger partial charge in [-0.25, -0.2) is 4.98 Å². The van der Waals surface area contributed by atoms with E-state index in [1.165, 1.54) is 6.92 Å². The van der Waals surface area contributed by atoms with Crippen LogP contribution in [0.15, 0.2) is 22.6 Å². The number of oxazole rings is 1. The van der Waals surface area contributed by atoms with E-state index in [9.17, 15) is 9.59 Å². The predicted molar refractivity (Wildman–Crippen MR) is 70.8 cm³/mol. The number of nitrogens with one attached hydrogen (secondary N) is 1. The number of aromatic nitrogens is 1. The van der Waals surface area contributed by atoms with Gasteiger partial charge in [-0.3, -0.25) is 9.59 Å². The van der Waals surface area contributed by atoms with Crippen molar-refractivity contribution in [1.82, 2.24) is 10.3 Å². The lowest BCUT2D eigenvalue weighted by Crippen LogP contribution is -2.27. The van der Waals surface area contributed by atoms with Crippen LogP contribution in [0.3, 0.4) is 0 Å². The summed E-state index contributed by atoms with van der Waals surface area (Å²) in [5.41, 5.74) is 2.66. The zero-order chi connectivity index (χ0) is 13.8. The largest absolute Gasteiger partial charge is 0.441 e. The molecule has 2 rings (SSSR count). The second-order valence-electron chi connectivity index (χ2n) is 4.51. The first-order valence-electron chi connectivity index (χ1n) is 6.17. The fourth-order valence-electron chi connectivity index (χ4n) is 1.88. The molecule has 1 heterocycles. The standard InChI is InChI=1S/C14H16N2O3/c1-9(17)7-14(18)15-6-5-11-3-4-13-12(8-11)16-10(2)19-13/h3-4,8H,5-7H2,1-2H3,(H,15,18). The van der Waals surface area contributed by atoms with Crippen molar-refractivity contribution in [1.29, 1.82) is 0 Å². The number of nitrogens with zero attached hydrogens (tertiary/aromatic N) is 1. The Balaban J connectivity index is 1.91. The number of hydrogen-bond donors (Lipinski definition) is 1. The summed E-state index contributed by atoms with van der Waals surface area (Å²) in [6.45, 7) is 3.72. The molecular formula is C14H16N2O3. The summed E-state index contributed by atoms with van der Waals surface area (Å²) >= 11 is 0. The number of carbonyl (C=O) groups is 2. The third kappa shape index (κ3) is 3.64. The molecule has 19 heavy (non-hydrogen) atoms. The third-order valence-corrected chi connectivity index (χ3v) is 2.70. The summed E-state index contributed by atoms with van der Waals surface area (Å²) in [5, 5.41) is 2.71. The molecule has 5 nitrogen and oxygen atoms in total. The Morgan fingerprint density at radius 2 is 2.16 bits per heavy atom. The van der Waals surface area contributed by atoms with Crippen LogP contribution < -0.4 is 5.32 Å². The maximum atomic E-state index is 11.3. The smallest absolute Gasteiger partial charge is 0.227 e. The van der Waals surface area contributed by atoms with E-state index >= 15 is 0 Å². The highest BCUT2D eigenvalue weighted by atomic mass is 16.3. The van der Waals surface area contributed by atoms with Crippen LogP contribution in [0.5, 0.6) is 0 Å². The van der Waals surface area contributed by atoms with E-state index in [1.807, 2.05) is 25.1 Å². The lowest BCUT2D eigenvalue weighted by Gasteiger charge is -2.03. The first-order chi connectivity index (χ1) is 9.04. The first-order valence-corrected chi connectivity index (χ1v) is 6.17. The van der Waals surface area contributed by atoms with Crippen molar-refractivity contribution in [3.63, 3.8) is 0 Å². The van der Waals surface area contributed by atoms with Gasteiger partial charge >= 0.3 is 0 Å². The molecule has 0 spiro atoms. The summed E-state index contributed by atoms with van der Waals surface area (Å²) in [4.78, 5) is 26.3. The minimum Gasteiger partial charge on any atom is -0.441 e. The number of hydrogen-bond acceptors (Lipinski definition) is 4. The van der Waals surface area contributed by atoms with Crippen molar-refractivity contribution in [2.75, 3.05) is 6.54 Å². The highest BCUT2D eigenvalue weighted by Crippen LogP contribution is 2.16. The van der Waals surface area contributed by atoms with Gasteiger partial charge in [0.05, 0.1) is 6.42 Å². The van der Waals surface area contributed by atoms with Gasteiger partial charge in [0.15, 0.2) is 11.5 Å². The minimum atomic E-state index is -0.231. The van der Waals surface area contributed by atoms with E-state index in [0.29, 0.717) is 18.9 Å². The molecule has 0 saturated carbocycles. The number of Topliss-reactive ketones (excluding diaryl/α,β-unsaturated/α-hetero) is 1. The minimum absolute atomic E-state index is 0.0541. The van der Waals surface area contributed by atoms with E-state index < -0.39 is 0 Å². The normalized spacial score (nSPS) is 10.6. The molecule has 0 atom stereocenters. The van der Waals surface area contributed by atoms with E-state index in [2.05, 4.69) is 10.3 Å². The number of benzene rings is 1. The molecule has 0 unspecified atom stereocenters. The highest BCUT2D eigenvalue weighted by molar-refractivity contribution is 5.96. The molecule has 0 fully saturated rings. The molecule has 0 radical (unpaired) electrons. The molecule has 2 aromatic rings. The first kappa shape index (κ1) is 13.3. The monoisotopic (exact) mass is 260 g/mol. The summed E-state index contributed by atoms with van der Waals surface area (Å²) in [6, 6.07) is 5.77. The van der Waals surface area contributed by atoms with Gasteiger partial charge in [-0.05, 0) is 31.0 Å². The van der Waals surface area contributed by atoms with Crippen LogP contribution in [0.2, 0.25) is 0 Å². The number of carbonyl (C=O) groups excluding carboxylic acids is 2. The number of ketones is 1. The van der Waals surface area contributed by atoms with Gasteiger partial charge in [0, 0.05) is 13.5 Å². The van der Waals surface area contributed by atoms with Gasteiger partial charge in [0.2, 0.25) is 5.91 Å².